The summed E-state index contributed by atoms with van der Waals surface area (Å²) in [5.41, 5.74) is 6.24. The lowest BCUT2D eigenvalue weighted by Crippen LogP contribution is -2.10. The maximum absolute atomic E-state index is 11.7. The van der Waals surface area contributed by atoms with E-state index < -0.39 is 0 Å². The van der Waals surface area contributed by atoms with Crippen molar-refractivity contribution in [3.05, 3.63) is 58.0 Å². The fourth-order valence-electron chi connectivity index (χ4n) is 2.36. The van der Waals surface area contributed by atoms with Gasteiger partial charge in [-0.1, -0.05) is 29.8 Å². The van der Waals surface area contributed by atoms with E-state index in [0.29, 0.717) is 40.2 Å². The van der Waals surface area contributed by atoms with Crippen molar-refractivity contribution in [1.82, 2.24) is 0 Å². The number of halogens is 1. The van der Waals surface area contributed by atoms with Crippen molar-refractivity contribution in [2.45, 2.75) is 0 Å². The Morgan fingerprint density at radius 3 is 2.59 bits per heavy atom. The van der Waals surface area contributed by atoms with Crippen molar-refractivity contribution in [3.8, 4) is 17.2 Å². The molecular formula is C19H17ClN2O4S. The van der Waals surface area contributed by atoms with E-state index >= 15 is 0 Å². The number of aliphatic imine (C=N–C) groups is 1. The summed E-state index contributed by atoms with van der Waals surface area (Å²) in [5.74, 6) is 1.27. The lowest BCUT2D eigenvalue weighted by atomic mass is 10.2. The molecule has 0 radical (unpaired) electrons. The number of carbonyl (C=O) groups is 1. The van der Waals surface area contributed by atoms with Crippen molar-refractivity contribution in [2.24, 2.45) is 10.7 Å². The number of nitrogens with two attached hydrogens (primary N) is 1. The van der Waals surface area contributed by atoms with Gasteiger partial charge < -0.3 is 19.9 Å². The van der Waals surface area contributed by atoms with Gasteiger partial charge in [-0.2, -0.15) is 4.99 Å². The molecule has 1 aliphatic rings. The summed E-state index contributed by atoms with van der Waals surface area (Å²) < 4.78 is 16.7. The largest absolute Gasteiger partial charge is 0.493 e. The van der Waals surface area contributed by atoms with E-state index in [4.69, 9.17) is 31.5 Å². The molecule has 0 bridgehead atoms. The minimum atomic E-state index is -0.369. The maximum Gasteiger partial charge on any atom is 0.286 e. The summed E-state index contributed by atoms with van der Waals surface area (Å²) in [4.78, 5) is 15.8. The van der Waals surface area contributed by atoms with Gasteiger partial charge in [0.25, 0.3) is 5.91 Å². The number of thioether (sulfide) groups is 1. The minimum Gasteiger partial charge on any atom is -0.493 e. The van der Waals surface area contributed by atoms with Gasteiger partial charge in [0.2, 0.25) is 0 Å². The van der Waals surface area contributed by atoms with E-state index in [2.05, 4.69) is 4.99 Å². The predicted molar refractivity (Wildman–Crippen MR) is 108 cm³/mol. The Kier molecular flexibility index (Phi) is 6.26. The highest BCUT2D eigenvalue weighted by atomic mass is 35.5. The second-order valence-electron chi connectivity index (χ2n) is 5.41. The molecule has 1 aliphatic heterocycles. The van der Waals surface area contributed by atoms with Crippen LogP contribution in [0.15, 0.2) is 52.4 Å². The van der Waals surface area contributed by atoms with Crippen LogP contribution < -0.4 is 19.9 Å². The third-order valence-corrected chi connectivity index (χ3v) is 4.62. The van der Waals surface area contributed by atoms with Crippen LogP contribution in [0.25, 0.3) is 6.08 Å². The van der Waals surface area contributed by atoms with Crippen LogP contribution in [0.2, 0.25) is 5.02 Å². The van der Waals surface area contributed by atoms with E-state index in [-0.39, 0.29) is 11.1 Å². The number of amides is 1. The summed E-state index contributed by atoms with van der Waals surface area (Å²) in [6.45, 7) is 0.654. The van der Waals surface area contributed by atoms with Crippen LogP contribution >= 0.6 is 23.4 Å². The van der Waals surface area contributed by atoms with Gasteiger partial charge >= 0.3 is 0 Å². The van der Waals surface area contributed by atoms with Crippen molar-refractivity contribution in [3.63, 3.8) is 0 Å². The van der Waals surface area contributed by atoms with Crippen molar-refractivity contribution < 1.29 is 19.0 Å². The first-order chi connectivity index (χ1) is 13.1. The molecule has 8 heteroatoms. The minimum absolute atomic E-state index is 0.225. The van der Waals surface area contributed by atoms with Gasteiger partial charge in [-0.25, -0.2) is 0 Å². The molecule has 1 amide bonds. The second-order valence-corrected chi connectivity index (χ2v) is 6.88. The molecule has 2 aromatic rings. The molecule has 0 aliphatic carbocycles. The van der Waals surface area contributed by atoms with Gasteiger partial charge in [0, 0.05) is 0 Å². The molecule has 3 rings (SSSR count). The molecule has 0 spiro atoms. The summed E-state index contributed by atoms with van der Waals surface area (Å²) in [7, 11) is 1.52. The zero-order chi connectivity index (χ0) is 19.2. The number of rotatable bonds is 7. The third kappa shape index (κ3) is 4.96. The fraction of sp³-hybridized carbons (Fsp3) is 0.158. The second kappa shape index (κ2) is 8.83. The quantitative estimate of drug-likeness (QED) is 0.559. The number of nitrogens with zero attached hydrogens (tertiary/aromatic N) is 1. The van der Waals surface area contributed by atoms with Crippen LogP contribution in [0, 0.1) is 0 Å². The van der Waals surface area contributed by atoms with Crippen LogP contribution in [0.1, 0.15) is 5.56 Å². The Labute approximate surface area is 166 Å². The van der Waals surface area contributed by atoms with Gasteiger partial charge in [-0.15, -0.1) is 0 Å². The summed E-state index contributed by atoms with van der Waals surface area (Å²) in [5, 5.41) is 0.591. The first-order valence-corrected chi connectivity index (χ1v) is 9.22. The molecule has 2 aromatic carbocycles. The van der Waals surface area contributed by atoms with Gasteiger partial charge in [0.1, 0.15) is 19.0 Å². The Balaban J connectivity index is 1.67. The molecular weight excluding hydrogens is 388 g/mol. The molecule has 0 saturated heterocycles. The number of hydrogen-bond donors (Lipinski definition) is 1. The van der Waals surface area contributed by atoms with Crippen LogP contribution in [-0.2, 0) is 4.79 Å². The first kappa shape index (κ1) is 19.1. The summed E-state index contributed by atoms with van der Waals surface area (Å²) >= 11 is 7.45. The monoisotopic (exact) mass is 404 g/mol. The summed E-state index contributed by atoms with van der Waals surface area (Å²) in [6.07, 6.45) is 1.66. The molecule has 27 heavy (non-hydrogen) atoms. The Hall–Kier alpha value is -2.64. The molecule has 0 atom stereocenters. The highest BCUT2D eigenvalue weighted by molar-refractivity contribution is 8.18. The van der Waals surface area contributed by atoms with Crippen molar-refractivity contribution >= 4 is 40.5 Å². The standard InChI is InChI=1S/C19H17ClN2O4S/c1-24-15-10-12(11-16-18(23)22-19(21)27-16)9-14(20)17(15)26-8-7-25-13-5-3-2-4-6-13/h2-6,9-11H,7-8H2,1H3,(H2,21,22,23)/b16-11-. The van der Waals surface area contributed by atoms with E-state index in [1.54, 1.807) is 18.2 Å². The molecule has 0 aromatic heterocycles. The normalized spacial score (nSPS) is 15.0. The van der Waals surface area contributed by atoms with Crippen molar-refractivity contribution in [2.75, 3.05) is 20.3 Å². The van der Waals surface area contributed by atoms with E-state index in [9.17, 15) is 4.79 Å². The molecule has 6 nitrogen and oxygen atoms in total. The number of methoxy groups -OCH3 is 1. The topological polar surface area (TPSA) is 83.1 Å². The number of para-hydroxylation sites is 1. The molecule has 140 valence electrons. The van der Waals surface area contributed by atoms with Crippen LogP contribution in [0.4, 0.5) is 0 Å². The SMILES string of the molecule is COc1cc(/C=C2\SC(N)=NC2=O)cc(Cl)c1OCCOc1ccccc1. The van der Waals surface area contributed by atoms with Crippen LogP contribution in [0.5, 0.6) is 17.2 Å². The third-order valence-electron chi connectivity index (χ3n) is 3.53. The average Bonchev–Trinajstić information content (AvgIpc) is 2.97. The predicted octanol–water partition coefficient (Wildman–Crippen LogP) is 3.74. The van der Waals surface area contributed by atoms with Gasteiger partial charge in [0.15, 0.2) is 16.7 Å². The summed E-state index contributed by atoms with van der Waals surface area (Å²) in [6, 6.07) is 12.9. The Morgan fingerprint density at radius 1 is 1.19 bits per heavy atom. The molecule has 2 N–H and O–H groups in total. The lowest BCUT2D eigenvalue weighted by Gasteiger charge is -2.14. The molecule has 1 heterocycles. The zero-order valence-electron chi connectivity index (χ0n) is 14.5. The highest BCUT2D eigenvalue weighted by Gasteiger charge is 2.20. The maximum atomic E-state index is 11.7. The van der Waals surface area contributed by atoms with Crippen LogP contribution in [0.3, 0.4) is 0 Å². The zero-order valence-corrected chi connectivity index (χ0v) is 16.0. The van der Waals surface area contributed by atoms with Crippen LogP contribution in [-0.4, -0.2) is 31.4 Å². The lowest BCUT2D eigenvalue weighted by molar-refractivity contribution is -0.113. The Bertz CT molecular complexity index is 900. The highest BCUT2D eigenvalue weighted by Crippen LogP contribution is 2.38. The number of ether oxygens (including phenoxy) is 3. The van der Waals surface area contributed by atoms with E-state index in [1.165, 1.54) is 7.11 Å². The average molecular weight is 405 g/mol. The van der Waals surface area contributed by atoms with E-state index in [0.717, 1.165) is 17.5 Å². The van der Waals surface area contributed by atoms with Gasteiger partial charge in [-0.3, -0.25) is 4.79 Å². The van der Waals surface area contributed by atoms with Gasteiger partial charge in [-0.05, 0) is 47.7 Å². The van der Waals surface area contributed by atoms with E-state index in [1.807, 2.05) is 30.3 Å². The number of hydrogen-bond acceptors (Lipinski definition) is 6. The smallest absolute Gasteiger partial charge is 0.286 e. The Morgan fingerprint density at radius 2 is 1.93 bits per heavy atom. The van der Waals surface area contributed by atoms with Gasteiger partial charge in [0.05, 0.1) is 17.0 Å². The molecule has 0 unspecified atom stereocenters. The van der Waals surface area contributed by atoms with Crippen molar-refractivity contribution in [1.29, 1.82) is 0 Å². The first-order valence-electron chi connectivity index (χ1n) is 8.03. The molecule has 0 saturated carbocycles. The fourth-order valence-corrected chi connectivity index (χ4v) is 3.32. The number of amidine groups is 1. The number of benzene rings is 2. The number of carbonyl (C=O) groups excluding carboxylic acids is 1. The molecule has 0 fully saturated rings.